The standard InChI is InChI=1S/C14H24N4.ClH/c1-14(4-5-15-9-14)10-18-6-2-12(3-7-18)13-8-16-11-17-13;/h8,11-12,15H,2-7,9-10H2,1H3,(H,16,17);1H. The largest absolute Gasteiger partial charge is 0.348 e. The molecule has 5 heteroatoms. The topological polar surface area (TPSA) is 44.0 Å². The van der Waals surface area contributed by atoms with Gasteiger partial charge in [-0.25, -0.2) is 4.98 Å². The lowest BCUT2D eigenvalue weighted by molar-refractivity contribution is 0.143. The van der Waals surface area contributed by atoms with Crippen LogP contribution in [0.4, 0.5) is 0 Å². The van der Waals surface area contributed by atoms with E-state index in [-0.39, 0.29) is 12.4 Å². The second-order valence-corrected chi connectivity index (χ2v) is 6.29. The molecule has 19 heavy (non-hydrogen) atoms. The lowest BCUT2D eigenvalue weighted by atomic mass is 9.87. The highest BCUT2D eigenvalue weighted by Gasteiger charge is 2.32. The summed E-state index contributed by atoms with van der Waals surface area (Å²) in [6.45, 7) is 8.54. The molecule has 0 saturated carbocycles. The third-order valence-corrected chi connectivity index (χ3v) is 4.61. The zero-order valence-electron chi connectivity index (χ0n) is 11.7. The van der Waals surface area contributed by atoms with Gasteiger partial charge >= 0.3 is 0 Å². The number of piperidine rings is 1. The predicted molar refractivity (Wildman–Crippen MR) is 79.8 cm³/mol. The molecule has 1 aromatic rings. The first kappa shape index (κ1) is 14.8. The Kier molecular flexibility index (Phi) is 4.87. The Bertz CT molecular complexity index is 365. The minimum atomic E-state index is 0. The molecule has 0 amide bonds. The predicted octanol–water partition coefficient (Wildman–Crippen LogP) is 2.01. The molecule has 0 spiro atoms. The van der Waals surface area contributed by atoms with E-state index in [1.54, 1.807) is 6.33 Å². The summed E-state index contributed by atoms with van der Waals surface area (Å²) < 4.78 is 0. The van der Waals surface area contributed by atoms with E-state index >= 15 is 0 Å². The normalized spacial score (nSPS) is 29.3. The van der Waals surface area contributed by atoms with Crippen molar-refractivity contribution in [1.82, 2.24) is 20.2 Å². The summed E-state index contributed by atoms with van der Waals surface area (Å²) in [4.78, 5) is 10.0. The number of aromatic amines is 1. The van der Waals surface area contributed by atoms with E-state index in [0.29, 0.717) is 11.3 Å². The van der Waals surface area contributed by atoms with Crippen molar-refractivity contribution in [3.8, 4) is 0 Å². The maximum Gasteiger partial charge on any atom is 0.0921 e. The van der Waals surface area contributed by atoms with Crippen molar-refractivity contribution < 1.29 is 0 Å². The van der Waals surface area contributed by atoms with Gasteiger partial charge in [0.1, 0.15) is 0 Å². The SMILES string of the molecule is CC1(CN2CCC(c3cnc[nH]3)CC2)CCNC1.Cl. The summed E-state index contributed by atoms with van der Waals surface area (Å²) in [6.07, 6.45) is 7.65. The van der Waals surface area contributed by atoms with Crippen LogP contribution in [0.15, 0.2) is 12.5 Å². The fraction of sp³-hybridized carbons (Fsp3) is 0.786. The monoisotopic (exact) mass is 284 g/mol. The summed E-state index contributed by atoms with van der Waals surface area (Å²) in [5.74, 6) is 0.693. The Hall–Kier alpha value is -0.580. The van der Waals surface area contributed by atoms with Crippen LogP contribution in [0.5, 0.6) is 0 Å². The van der Waals surface area contributed by atoms with Crippen LogP contribution in [-0.2, 0) is 0 Å². The number of likely N-dealkylation sites (tertiary alicyclic amines) is 1. The maximum absolute atomic E-state index is 4.13. The first-order valence-corrected chi connectivity index (χ1v) is 7.17. The fourth-order valence-electron chi connectivity index (χ4n) is 3.44. The van der Waals surface area contributed by atoms with E-state index in [0.717, 1.165) is 0 Å². The fourth-order valence-corrected chi connectivity index (χ4v) is 3.44. The zero-order chi connectivity index (χ0) is 12.4. The molecule has 1 unspecified atom stereocenters. The van der Waals surface area contributed by atoms with Crippen molar-refractivity contribution in [2.24, 2.45) is 5.41 Å². The van der Waals surface area contributed by atoms with Crippen LogP contribution in [0.2, 0.25) is 0 Å². The quantitative estimate of drug-likeness (QED) is 0.892. The first-order chi connectivity index (χ1) is 8.75. The molecule has 0 aliphatic carbocycles. The molecule has 4 nitrogen and oxygen atoms in total. The molecular formula is C14H25ClN4. The lowest BCUT2D eigenvalue weighted by Crippen LogP contribution is -2.41. The molecule has 0 bridgehead atoms. The van der Waals surface area contributed by atoms with Crippen molar-refractivity contribution in [3.63, 3.8) is 0 Å². The molecule has 0 aromatic carbocycles. The molecule has 108 valence electrons. The van der Waals surface area contributed by atoms with Crippen LogP contribution < -0.4 is 5.32 Å². The summed E-state index contributed by atoms with van der Waals surface area (Å²) >= 11 is 0. The van der Waals surface area contributed by atoms with Gasteiger partial charge in [-0.3, -0.25) is 0 Å². The van der Waals surface area contributed by atoms with Crippen molar-refractivity contribution >= 4 is 12.4 Å². The Morgan fingerprint density at radius 1 is 1.42 bits per heavy atom. The number of imidazole rings is 1. The number of nitrogens with zero attached hydrogens (tertiary/aromatic N) is 2. The van der Waals surface area contributed by atoms with Crippen molar-refractivity contribution in [3.05, 3.63) is 18.2 Å². The first-order valence-electron chi connectivity index (χ1n) is 7.17. The molecule has 2 aliphatic heterocycles. The summed E-state index contributed by atoms with van der Waals surface area (Å²) in [5.41, 5.74) is 1.82. The van der Waals surface area contributed by atoms with Gasteiger partial charge in [0.25, 0.3) is 0 Å². The van der Waals surface area contributed by atoms with Gasteiger partial charge in [-0.15, -0.1) is 12.4 Å². The smallest absolute Gasteiger partial charge is 0.0921 e. The minimum Gasteiger partial charge on any atom is -0.348 e. The van der Waals surface area contributed by atoms with Gasteiger partial charge in [-0.2, -0.15) is 0 Å². The van der Waals surface area contributed by atoms with E-state index in [2.05, 4.69) is 27.1 Å². The van der Waals surface area contributed by atoms with Gasteiger partial charge < -0.3 is 15.2 Å². The summed E-state index contributed by atoms with van der Waals surface area (Å²) in [7, 11) is 0. The number of rotatable bonds is 3. The third-order valence-electron chi connectivity index (χ3n) is 4.61. The molecule has 2 saturated heterocycles. The molecule has 2 fully saturated rings. The molecule has 3 heterocycles. The van der Waals surface area contributed by atoms with Crippen molar-refractivity contribution in [1.29, 1.82) is 0 Å². The van der Waals surface area contributed by atoms with Crippen molar-refractivity contribution in [2.45, 2.75) is 32.1 Å². The van der Waals surface area contributed by atoms with Crippen LogP contribution in [0, 0.1) is 5.41 Å². The van der Waals surface area contributed by atoms with Gasteiger partial charge in [0.05, 0.1) is 6.33 Å². The highest BCUT2D eigenvalue weighted by molar-refractivity contribution is 5.85. The van der Waals surface area contributed by atoms with Gasteiger partial charge in [0.2, 0.25) is 0 Å². The third kappa shape index (κ3) is 3.50. The second kappa shape index (κ2) is 6.25. The number of nitrogens with one attached hydrogen (secondary N) is 2. The Labute approximate surface area is 121 Å². The second-order valence-electron chi connectivity index (χ2n) is 6.29. The Morgan fingerprint density at radius 2 is 2.21 bits per heavy atom. The number of hydrogen-bond donors (Lipinski definition) is 2. The minimum absolute atomic E-state index is 0. The van der Waals surface area contributed by atoms with Gasteiger partial charge in [0, 0.05) is 30.9 Å². The molecule has 0 radical (unpaired) electrons. The molecule has 1 aromatic heterocycles. The molecule has 2 N–H and O–H groups in total. The van der Waals surface area contributed by atoms with Crippen LogP contribution in [0.25, 0.3) is 0 Å². The number of hydrogen-bond acceptors (Lipinski definition) is 3. The highest BCUT2D eigenvalue weighted by Crippen LogP contribution is 2.30. The summed E-state index contributed by atoms with van der Waals surface area (Å²) in [5, 5.41) is 3.49. The molecular weight excluding hydrogens is 260 g/mol. The van der Waals surface area contributed by atoms with Crippen LogP contribution in [-0.4, -0.2) is 47.6 Å². The lowest BCUT2D eigenvalue weighted by Gasteiger charge is -2.36. The van der Waals surface area contributed by atoms with Crippen LogP contribution in [0.1, 0.15) is 37.8 Å². The molecule has 2 aliphatic rings. The number of H-pyrrole nitrogens is 1. The number of aromatic nitrogens is 2. The van der Waals surface area contributed by atoms with E-state index in [9.17, 15) is 0 Å². The maximum atomic E-state index is 4.13. The molecule has 1 atom stereocenters. The molecule has 3 rings (SSSR count). The average Bonchev–Trinajstić information content (AvgIpc) is 3.02. The van der Waals surface area contributed by atoms with Gasteiger partial charge in [0.15, 0.2) is 0 Å². The Balaban J connectivity index is 0.00000133. The van der Waals surface area contributed by atoms with Crippen LogP contribution >= 0.6 is 12.4 Å². The van der Waals surface area contributed by atoms with Gasteiger partial charge in [-0.1, -0.05) is 6.92 Å². The van der Waals surface area contributed by atoms with Gasteiger partial charge in [-0.05, 0) is 44.3 Å². The zero-order valence-corrected chi connectivity index (χ0v) is 12.5. The Morgan fingerprint density at radius 3 is 2.79 bits per heavy atom. The van der Waals surface area contributed by atoms with E-state index < -0.39 is 0 Å². The number of halogens is 1. The average molecular weight is 285 g/mol. The van der Waals surface area contributed by atoms with Crippen molar-refractivity contribution in [2.75, 3.05) is 32.7 Å². The van der Waals surface area contributed by atoms with E-state index in [1.165, 1.54) is 57.7 Å². The van der Waals surface area contributed by atoms with E-state index in [1.807, 2.05) is 6.20 Å². The highest BCUT2D eigenvalue weighted by atomic mass is 35.5. The van der Waals surface area contributed by atoms with Crippen LogP contribution in [0.3, 0.4) is 0 Å². The van der Waals surface area contributed by atoms with E-state index in [4.69, 9.17) is 0 Å². The summed E-state index contributed by atoms with van der Waals surface area (Å²) in [6, 6.07) is 0.